The van der Waals surface area contributed by atoms with E-state index in [1.807, 2.05) is 18.5 Å². The van der Waals surface area contributed by atoms with E-state index >= 15 is 0 Å². The fourth-order valence-electron chi connectivity index (χ4n) is 2.71. The molecule has 0 aliphatic heterocycles. The van der Waals surface area contributed by atoms with Crippen molar-refractivity contribution in [2.24, 2.45) is 7.05 Å². The van der Waals surface area contributed by atoms with Crippen LogP contribution < -0.4 is 14.8 Å². The SMILES string of the molecule is COc1ccc(OC)c(NC(=O)C(C)Sc2nnc(CSc3ccc(C)cc3)n2C)c1. The molecule has 1 N–H and O–H groups in total. The first-order chi connectivity index (χ1) is 14.9. The number of carbonyl (C=O) groups is 1. The van der Waals surface area contributed by atoms with Crippen LogP contribution in [-0.4, -0.2) is 40.1 Å². The molecule has 3 rings (SSSR count). The second-order valence-electron chi connectivity index (χ2n) is 6.88. The van der Waals surface area contributed by atoms with Gasteiger partial charge in [0.25, 0.3) is 0 Å². The van der Waals surface area contributed by atoms with Crippen molar-refractivity contribution in [3.8, 4) is 11.5 Å². The number of nitrogens with one attached hydrogen (secondary N) is 1. The monoisotopic (exact) mass is 458 g/mol. The normalized spacial score (nSPS) is 11.8. The molecule has 0 spiro atoms. The van der Waals surface area contributed by atoms with E-state index in [0.717, 1.165) is 5.82 Å². The quantitative estimate of drug-likeness (QED) is 0.471. The van der Waals surface area contributed by atoms with Crippen LogP contribution in [0.4, 0.5) is 5.69 Å². The Balaban J connectivity index is 1.62. The number of hydrogen-bond donors (Lipinski definition) is 1. The molecule has 0 saturated carbocycles. The van der Waals surface area contributed by atoms with Gasteiger partial charge in [-0.3, -0.25) is 4.79 Å². The standard InChI is InChI=1S/C22H26N4O3S2/c1-14-6-9-17(10-7-14)30-13-20-24-25-22(26(20)3)31-15(2)21(27)23-18-12-16(28-4)8-11-19(18)29-5/h6-12,15H,13H2,1-5H3,(H,23,27). The van der Waals surface area contributed by atoms with E-state index in [0.29, 0.717) is 28.1 Å². The summed E-state index contributed by atoms with van der Waals surface area (Å²) in [6.07, 6.45) is 0. The topological polar surface area (TPSA) is 78.3 Å². The van der Waals surface area contributed by atoms with Gasteiger partial charge in [0.05, 0.1) is 30.9 Å². The smallest absolute Gasteiger partial charge is 0.237 e. The maximum absolute atomic E-state index is 12.8. The number of nitrogens with zero attached hydrogens (tertiary/aromatic N) is 3. The average molecular weight is 459 g/mol. The van der Waals surface area contributed by atoms with Crippen LogP contribution in [0.1, 0.15) is 18.3 Å². The van der Waals surface area contributed by atoms with Gasteiger partial charge < -0.3 is 19.4 Å². The number of hydrogen-bond acceptors (Lipinski definition) is 7. The Hall–Kier alpha value is -2.65. The Morgan fingerprint density at radius 1 is 1.13 bits per heavy atom. The minimum absolute atomic E-state index is 0.157. The van der Waals surface area contributed by atoms with Crippen molar-refractivity contribution in [1.29, 1.82) is 0 Å². The largest absolute Gasteiger partial charge is 0.497 e. The third-order valence-electron chi connectivity index (χ3n) is 4.63. The highest BCUT2D eigenvalue weighted by Gasteiger charge is 2.20. The first-order valence-electron chi connectivity index (χ1n) is 9.68. The summed E-state index contributed by atoms with van der Waals surface area (Å²) in [5.74, 6) is 2.61. The van der Waals surface area contributed by atoms with Gasteiger partial charge in [-0.05, 0) is 38.1 Å². The lowest BCUT2D eigenvalue weighted by Gasteiger charge is -2.15. The number of methoxy groups -OCH3 is 2. The maximum atomic E-state index is 12.8. The molecule has 7 nitrogen and oxygen atoms in total. The summed E-state index contributed by atoms with van der Waals surface area (Å²) in [5, 5.41) is 11.8. The molecule has 0 aliphatic rings. The van der Waals surface area contributed by atoms with Gasteiger partial charge in [-0.15, -0.1) is 22.0 Å². The lowest BCUT2D eigenvalue weighted by Crippen LogP contribution is -2.23. The van der Waals surface area contributed by atoms with E-state index in [2.05, 4.69) is 46.7 Å². The fraction of sp³-hybridized carbons (Fsp3) is 0.318. The van der Waals surface area contributed by atoms with Crippen molar-refractivity contribution in [1.82, 2.24) is 14.8 Å². The molecule has 2 aromatic carbocycles. The molecule has 1 aromatic heterocycles. The zero-order chi connectivity index (χ0) is 22.4. The van der Waals surface area contributed by atoms with E-state index in [1.165, 1.54) is 22.2 Å². The maximum Gasteiger partial charge on any atom is 0.237 e. The molecule has 1 atom stereocenters. The lowest BCUT2D eigenvalue weighted by atomic mass is 10.2. The number of anilines is 1. The van der Waals surface area contributed by atoms with E-state index in [9.17, 15) is 4.79 Å². The Bertz CT molecular complexity index is 1040. The molecule has 0 fully saturated rings. The number of carbonyl (C=O) groups excluding carboxylic acids is 1. The minimum Gasteiger partial charge on any atom is -0.497 e. The number of benzene rings is 2. The van der Waals surface area contributed by atoms with E-state index in [1.54, 1.807) is 44.2 Å². The highest BCUT2D eigenvalue weighted by molar-refractivity contribution is 8.00. The second-order valence-corrected chi connectivity index (χ2v) is 9.23. The molecular weight excluding hydrogens is 432 g/mol. The molecule has 1 heterocycles. The van der Waals surface area contributed by atoms with Gasteiger partial charge in [0.15, 0.2) is 5.16 Å². The molecule has 1 unspecified atom stereocenters. The molecule has 31 heavy (non-hydrogen) atoms. The molecule has 0 radical (unpaired) electrons. The van der Waals surface area contributed by atoms with Gasteiger partial charge in [-0.2, -0.15) is 0 Å². The van der Waals surface area contributed by atoms with Gasteiger partial charge >= 0.3 is 0 Å². The lowest BCUT2D eigenvalue weighted by molar-refractivity contribution is -0.115. The number of rotatable bonds is 9. The Morgan fingerprint density at radius 2 is 1.87 bits per heavy atom. The third kappa shape index (κ3) is 5.95. The molecule has 0 saturated heterocycles. The van der Waals surface area contributed by atoms with Crippen LogP contribution in [0.3, 0.4) is 0 Å². The molecule has 0 bridgehead atoms. The predicted molar refractivity (Wildman–Crippen MR) is 125 cm³/mol. The van der Waals surface area contributed by atoms with Crippen LogP contribution in [0.25, 0.3) is 0 Å². The summed E-state index contributed by atoms with van der Waals surface area (Å²) in [6, 6.07) is 13.7. The number of amides is 1. The van der Waals surface area contributed by atoms with Crippen LogP contribution in [0, 0.1) is 6.92 Å². The summed E-state index contributed by atoms with van der Waals surface area (Å²) >= 11 is 3.07. The summed E-state index contributed by atoms with van der Waals surface area (Å²) in [7, 11) is 5.06. The summed E-state index contributed by atoms with van der Waals surface area (Å²) in [4.78, 5) is 13.9. The van der Waals surface area contributed by atoms with Crippen LogP contribution in [0.2, 0.25) is 0 Å². The van der Waals surface area contributed by atoms with Crippen LogP contribution >= 0.6 is 23.5 Å². The first-order valence-corrected chi connectivity index (χ1v) is 11.5. The van der Waals surface area contributed by atoms with Gasteiger partial charge in [0.1, 0.15) is 17.3 Å². The van der Waals surface area contributed by atoms with Gasteiger partial charge in [-0.1, -0.05) is 29.5 Å². The van der Waals surface area contributed by atoms with E-state index in [4.69, 9.17) is 9.47 Å². The fourth-order valence-corrected chi connectivity index (χ4v) is 4.42. The van der Waals surface area contributed by atoms with Crippen molar-refractivity contribution >= 4 is 35.1 Å². The number of ether oxygens (including phenoxy) is 2. The second kappa shape index (κ2) is 10.6. The van der Waals surface area contributed by atoms with Crippen molar-refractivity contribution in [2.75, 3.05) is 19.5 Å². The molecule has 9 heteroatoms. The highest BCUT2D eigenvalue weighted by atomic mass is 32.2. The molecule has 1 amide bonds. The summed E-state index contributed by atoms with van der Waals surface area (Å²) in [6.45, 7) is 3.91. The van der Waals surface area contributed by atoms with Crippen LogP contribution in [0.5, 0.6) is 11.5 Å². The minimum atomic E-state index is -0.378. The zero-order valence-electron chi connectivity index (χ0n) is 18.2. The Labute approximate surface area is 190 Å². The zero-order valence-corrected chi connectivity index (χ0v) is 19.8. The molecule has 3 aromatic rings. The average Bonchev–Trinajstić information content (AvgIpc) is 3.12. The first kappa shape index (κ1) is 23.0. The van der Waals surface area contributed by atoms with Gasteiger partial charge in [-0.25, -0.2) is 0 Å². The Kier molecular flexibility index (Phi) is 7.86. The van der Waals surface area contributed by atoms with Crippen molar-refractivity contribution < 1.29 is 14.3 Å². The van der Waals surface area contributed by atoms with Crippen molar-refractivity contribution in [2.45, 2.75) is 34.9 Å². The van der Waals surface area contributed by atoms with E-state index in [-0.39, 0.29) is 11.2 Å². The van der Waals surface area contributed by atoms with Crippen LogP contribution in [0.15, 0.2) is 52.5 Å². The van der Waals surface area contributed by atoms with Crippen molar-refractivity contribution in [3.05, 3.63) is 53.9 Å². The van der Waals surface area contributed by atoms with Gasteiger partial charge in [0, 0.05) is 18.0 Å². The molecule has 0 aliphatic carbocycles. The third-order valence-corrected chi connectivity index (χ3v) is 6.77. The summed E-state index contributed by atoms with van der Waals surface area (Å²) < 4.78 is 12.5. The van der Waals surface area contributed by atoms with E-state index < -0.39 is 0 Å². The molecule has 164 valence electrons. The predicted octanol–water partition coefficient (Wildman–Crippen LogP) is 4.55. The number of aryl methyl sites for hydroxylation is 1. The Morgan fingerprint density at radius 3 is 2.55 bits per heavy atom. The van der Waals surface area contributed by atoms with Gasteiger partial charge in [0.2, 0.25) is 5.91 Å². The van der Waals surface area contributed by atoms with Crippen LogP contribution in [-0.2, 0) is 17.6 Å². The molecular formula is C22H26N4O3S2. The highest BCUT2D eigenvalue weighted by Crippen LogP contribution is 2.31. The number of thioether (sulfide) groups is 2. The van der Waals surface area contributed by atoms with Crippen molar-refractivity contribution in [3.63, 3.8) is 0 Å². The number of aromatic nitrogens is 3. The summed E-state index contributed by atoms with van der Waals surface area (Å²) in [5.41, 5.74) is 1.80.